The van der Waals surface area contributed by atoms with Gasteiger partial charge in [0.05, 0.1) is 5.56 Å². The van der Waals surface area contributed by atoms with Crippen molar-refractivity contribution in [2.24, 2.45) is 5.73 Å². The van der Waals surface area contributed by atoms with Gasteiger partial charge in [0, 0.05) is 18.8 Å². The molecule has 0 aliphatic carbocycles. The molecule has 0 spiro atoms. The Morgan fingerprint density at radius 2 is 1.60 bits per heavy atom. The Kier molecular flexibility index (Phi) is 5.76. The van der Waals surface area contributed by atoms with Crippen molar-refractivity contribution < 1.29 is 22.8 Å². The highest BCUT2D eigenvalue weighted by molar-refractivity contribution is 6.39. The molecule has 5 nitrogen and oxygen atoms in total. The molecule has 25 heavy (non-hydrogen) atoms. The summed E-state index contributed by atoms with van der Waals surface area (Å²) in [5.41, 5.74) is 6.45. The SMILES string of the molecule is NCc1cccc(CNC(=O)C(=O)Nc2ccc(C(F)(F)F)cc2)c1. The van der Waals surface area contributed by atoms with Crippen LogP contribution in [0, 0.1) is 0 Å². The maximum atomic E-state index is 12.5. The Labute approximate surface area is 142 Å². The molecule has 0 atom stereocenters. The standard InChI is InChI=1S/C17H16F3N3O2/c18-17(19,20)13-4-6-14(7-5-13)23-16(25)15(24)22-10-12-3-1-2-11(8-12)9-21/h1-8H,9-10,21H2,(H,22,24)(H,23,25). The molecule has 0 saturated heterocycles. The summed E-state index contributed by atoms with van der Waals surface area (Å²) in [6, 6.07) is 11.0. The van der Waals surface area contributed by atoms with Gasteiger partial charge in [0.15, 0.2) is 0 Å². The zero-order valence-electron chi connectivity index (χ0n) is 13.1. The topological polar surface area (TPSA) is 84.2 Å². The van der Waals surface area contributed by atoms with Crippen LogP contribution in [0.1, 0.15) is 16.7 Å². The highest BCUT2D eigenvalue weighted by Crippen LogP contribution is 2.29. The average Bonchev–Trinajstić information content (AvgIpc) is 2.59. The van der Waals surface area contributed by atoms with Gasteiger partial charge >= 0.3 is 18.0 Å². The predicted molar refractivity (Wildman–Crippen MR) is 86.3 cm³/mol. The van der Waals surface area contributed by atoms with E-state index in [4.69, 9.17) is 5.73 Å². The molecule has 0 bridgehead atoms. The van der Waals surface area contributed by atoms with Crippen LogP contribution >= 0.6 is 0 Å². The fraction of sp³-hybridized carbons (Fsp3) is 0.176. The molecule has 0 heterocycles. The van der Waals surface area contributed by atoms with Crippen molar-refractivity contribution in [1.82, 2.24) is 5.32 Å². The normalized spacial score (nSPS) is 11.0. The van der Waals surface area contributed by atoms with Crippen LogP contribution in [0.25, 0.3) is 0 Å². The van der Waals surface area contributed by atoms with Gasteiger partial charge in [-0.3, -0.25) is 9.59 Å². The number of nitrogens with two attached hydrogens (primary N) is 1. The molecule has 2 amide bonds. The Bertz CT molecular complexity index is 758. The Morgan fingerprint density at radius 1 is 0.960 bits per heavy atom. The molecule has 0 aliphatic heterocycles. The maximum Gasteiger partial charge on any atom is 0.416 e. The van der Waals surface area contributed by atoms with Gasteiger partial charge in [-0.2, -0.15) is 13.2 Å². The fourth-order valence-corrected chi connectivity index (χ4v) is 2.06. The number of hydrogen-bond acceptors (Lipinski definition) is 3. The van der Waals surface area contributed by atoms with Crippen molar-refractivity contribution in [1.29, 1.82) is 0 Å². The minimum Gasteiger partial charge on any atom is -0.344 e. The van der Waals surface area contributed by atoms with Crippen molar-refractivity contribution >= 4 is 17.5 Å². The number of nitrogens with one attached hydrogen (secondary N) is 2. The zero-order valence-corrected chi connectivity index (χ0v) is 13.1. The molecular weight excluding hydrogens is 335 g/mol. The number of hydrogen-bond donors (Lipinski definition) is 3. The van der Waals surface area contributed by atoms with Crippen LogP contribution in [0.5, 0.6) is 0 Å². The van der Waals surface area contributed by atoms with Gasteiger partial charge in [-0.15, -0.1) is 0 Å². The van der Waals surface area contributed by atoms with Crippen molar-refractivity contribution in [3.63, 3.8) is 0 Å². The van der Waals surface area contributed by atoms with E-state index >= 15 is 0 Å². The van der Waals surface area contributed by atoms with Crippen LogP contribution in [-0.4, -0.2) is 11.8 Å². The Balaban J connectivity index is 1.90. The lowest BCUT2D eigenvalue weighted by Crippen LogP contribution is -2.35. The predicted octanol–water partition coefficient (Wildman–Crippen LogP) is 2.42. The van der Waals surface area contributed by atoms with E-state index in [2.05, 4.69) is 10.6 Å². The lowest BCUT2D eigenvalue weighted by Gasteiger charge is -2.09. The number of rotatable bonds is 4. The van der Waals surface area contributed by atoms with Crippen molar-refractivity contribution in [3.05, 3.63) is 65.2 Å². The van der Waals surface area contributed by atoms with Gasteiger partial charge in [-0.25, -0.2) is 0 Å². The number of carbonyl (C=O) groups is 2. The number of amides is 2. The van der Waals surface area contributed by atoms with Gasteiger partial charge in [0.2, 0.25) is 0 Å². The zero-order chi connectivity index (χ0) is 18.4. The number of benzene rings is 2. The lowest BCUT2D eigenvalue weighted by atomic mass is 10.1. The van der Waals surface area contributed by atoms with E-state index in [9.17, 15) is 22.8 Å². The van der Waals surface area contributed by atoms with Crippen molar-refractivity contribution in [2.45, 2.75) is 19.3 Å². The molecule has 8 heteroatoms. The molecule has 0 radical (unpaired) electrons. The Morgan fingerprint density at radius 3 is 2.20 bits per heavy atom. The molecule has 2 rings (SSSR count). The number of alkyl halides is 3. The quantitative estimate of drug-likeness (QED) is 0.740. The summed E-state index contributed by atoms with van der Waals surface area (Å²) in [5.74, 6) is -1.85. The third-order valence-electron chi connectivity index (χ3n) is 3.36. The summed E-state index contributed by atoms with van der Waals surface area (Å²) in [6.45, 7) is 0.489. The van der Waals surface area contributed by atoms with E-state index < -0.39 is 23.6 Å². The van der Waals surface area contributed by atoms with Crippen LogP contribution in [-0.2, 0) is 28.9 Å². The molecule has 0 aliphatic rings. The largest absolute Gasteiger partial charge is 0.416 e. The number of halogens is 3. The summed E-state index contributed by atoms with van der Waals surface area (Å²) in [6.07, 6.45) is -4.46. The summed E-state index contributed by atoms with van der Waals surface area (Å²) in [5, 5.41) is 4.67. The lowest BCUT2D eigenvalue weighted by molar-refractivity contribution is -0.137. The average molecular weight is 351 g/mol. The van der Waals surface area contributed by atoms with Gasteiger partial charge in [0.1, 0.15) is 0 Å². The van der Waals surface area contributed by atoms with Crippen molar-refractivity contribution in [2.75, 3.05) is 5.32 Å². The smallest absolute Gasteiger partial charge is 0.344 e. The molecule has 2 aromatic rings. The first kappa shape index (κ1) is 18.5. The third kappa shape index (κ3) is 5.32. The summed E-state index contributed by atoms with van der Waals surface area (Å²) in [4.78, 5) is 23.5. The van der Waals surface area contributed by atoms with E-state index in [1.165, 1.54) is 0 Å². The first-order valence-corrected chi connectivity index (χ1v) is 7.34. The van der Waals surface area contributed by atoms with Crippen molar-refractivity contribution in [3.8, 4) is 0 Å². The summed E-state index contributed by atoms with van der Waals surface area (Å²) < 4.78 is 37.4. The highest BCUT2D eigenvalue weighted by Gasteiger charge is 2.30. The second-order valence-corrected chi connectivity index (χ2v) is 5.24. The Hall–Kier alpha value is -2.87. The van der Waals surface area contributed by atoms with Gasteiger partial charge in [-0.05, 0) is 35.4 Å². The first-order valence-electron chi connectivity index (χ1n) is 7.34. The van der Waals surface area contributed by atoms with Crippen LogP contribution < -0.4 is 16.4 Å². The third-order valence-corrected chi connectivity index (χ3v) is 3.36. The molecule has 0 fully saturated rings. The first-order chi connectivity index (χ1) is 11.8. The minimum atomic E-state index is -4.46. The van der Waals surface area contributed by atoms with E-state index in [0.717, 1.165) is 35.4 Å². The second kappa shape index (κ2) is 7.80. The summed E-state index contributed by atoms with van der Waals surface area (Å²) >= 11 is 0. The highest BCUT2D eigenvalue weighted by atomic mass is 19.4. The molecule has 4 N–H and O–H groups in total. The van der Waals surface area contributed by atoms with E-state index in [1.54, 1.807) is 18.2 Å². The van der Waals surface area contributed by atoms with E-state index in [-0.39, 0.29) is 12.2 Å². The molecular formula is C17H16F3N3O2. The van der Waals surface area contributed by atoms with Gasteiger partial charge < -0.3 is 16.4 Å². The number of anilines is 1. The van der Waals surface area contributed by atoms with Crippen LogP contribution in [0.3, 0.4) is 0 Å². The summed E-state index contributed by atoms with van der Waals surface area (Å²) in [7, 11) is 0. The molecule has 0 unspecified atom stereocenters. The monoisotopic (exact) mass is 351 g/mol. The van der Waals surface area contributed by atoms with Crippen LogP contribution in [0.15, 0.2) is 48.5 Å². The molecule has 132 valence electrons. The minimum absolute atomic E-state index is 0.0956. The maximum absolute atomic E-state index is 12.5. The van der Waals surface area contributed by atoms with E-state index in [0.29, 0.717) is 6.54 Å². The van der Waals surface area contributed by atoms with Gasteiger partial charge in [0.25, 0.3) is 0 Å². The molecule has 2 aromatic carbocycles. The van der Waals surface area contributed by atoms with Gasteiger partial charge in [-0.1, -0.05) is 24.3 Å². The van der Waals surface area contributed by atoms with Crippen LogP contribution in [0.4, 0.5) is 18.9 Å². The number of carbonyl (C=O) groups excluding carboxylic acids is 2. The van der Waals surface area contributed by atoms with E-state index in [1.807, 2.05) is 6.07 Å². The van der Waals surface area contributed by atoms with Crippen LogP contribution in [0.2, 0.25) is 0 Å². The second-order valence-electron chi connectivity index (χ2n) is 5.24. The molecule has 0 aromatic heterocycles. The molecule has 0 saturated carbocycles. The fourth-order valence-electron chi connectivity index (χ4n) is 2.06.